The highest BCUT2D eigenvalue weighted by molar-refractivity contribution is 7.80. The molecule has 3 rings (SSSR count). The second-order valence-corrected chi connectivity index (χ2v) is 5.74. The molecular weight excluding hydrogens is 294 g/mol. The number of aromatic hydroxyl groups is 1. The Kier molecular flexibility index (Phi) is 3.81. The van der Waals surface area contributed by atoms with Gasteiger partial charge in [0.1, 0.15) is 5.75 Å². The highest BCUT2D eigenvalue weighted by Gasteiger charge is 2.31. The minimum atomic E-state index is -0.0340. The number of para-hydroxylation sites is 1. The molecule has 0 spiro atoms. The van der Waals surface area contributed by atoms with E-state index in [2.05, 4.69) is 24.2 Å². The predicted molar refractivity (Wildman–Crippen MR) is 91.8 cm³/mol. The first kappa shape index (κ1) is 14.5. The highest BCUT2D eigenvalue weighted by atomic mass is 32.1. The highest BCUT2D eigenvalue weighted by Crippen LogP contribution is 2.35. The summed E-state index contributed by atoms with van der Waals surface area (Å²) in [7, 11) is 0. The number of aryl methyl sites for hydroxylation is 1. The molecule has 3 N–H and O–H groups in total. The quantitative estimate of drug-likeness (QED) is 0.837. The molecule has 1 unspecified atom stereocenters. The summed E-state index contributed by atoms with van der Waals surface area (Å²) in [6, 6.07) is 15.3. The number of thiocarbonyl (C=S) groups is 1. The third kappa shape index (κ3) is 2.55. The maximum atomic E-state index is 10.0. The summed E-state index contributed by atoms with van der Waals surface area (Å²) >= 11 is 5.15. The molecule has 1 aliphatic rings. The lowest BCUT2D eigenvalue weighted by Crippen LogP contribution is -2.31. The summed E-state index contributed by atoms with van der Waals surface area (Å²) in [4.78, 5) is 0. The molecule has 22 heavy (non-hydrogen) atoms. The Labute approximate surface area is 134 Å². The zero-order valence-electron chi connectivity index (χ0n) is 12.2. The van der Waals surface area contributed by atoms with E-state index in [1.165, 1.54) is 5.56 Å². The minimum Gasteiger partial charge on any atom is -0.507 e. The monoisotopic (exact) mass is 311 g/mol. The van der Waals surface area contributed by atoms with Gasteiger partial charge in [-0.25, -0.2) is 5.01 Å². The molecule has 0 bridgehead atoms. The van der Waals surface area contributed by atoms with E-state index in [0.29, 0.717) is 6.42 Å². The van der Waals surface area contributed by atoms with Crippen molar-refractivity contribution in [3.63, 3.8) is 0 Å². The van der Waals surface area contributed by atoms with Gasteiger partial charge in [0.25, 0.3) is 0 Å². The molecule has 2 aromatic rings. The van der Waals surface area contributed by atoms with Crippen LogP contribution in [0.5, 0.6) is 5.75 Å². The van der Waals surface area contributed by atoms with Crippen LogP contribution >= 0.6 is 12.2 Å². The van der Waals surface area contributed by atoms with Crippen LogP contribution in [0.25, 0.3) is 0 Å². The minimum absolute atomic E-state index is 0.0340. The number of nitrogens with two attached hydrogens (primary N) is 1. The van der Waals surface area contributed by atoms with Crippen molar-refractivity contribution in [2.45, 2.75) is 19.4 Å². The fourth-order valence-corrected chi connectivity index (χ4v) is 2.96. The summed E-state index contributed by atoms with van der Waals surface area (Å²) in [5.74, 6) is 0.217. The van der Waals surface area contributed by atoms with Crippen LogP contribution in [-0.2, 0) is 0 Å². The molecule has 0 saturated carbocycles. The topological polar surface area (TPSA) is 61.9 Å². The second-order valence-electron chi connectivity index (χ2n) is 5.32. The average Bonchev–Trinajstić information content (AvgIpc) is 2.93. The Balaban J connectivity index is 2.01. The molecule has 0 fully saturated rings. The maximum Gasteiger partial charge on any atom is 0.187 e. The summed E-state index contributed by atoms with van der Waals surface area (Å²) in [5.41, 5.74) is 9.67. The Morgan fingerprint density at radius 2 is 1.91 bits per heavy atom. The van der Waals surface area contributed by atoms with E-state index in [-0.39, 0.29) is 16.9 Å². The van der Waals surface area contributed by atoms with Gasteiger partial charge in [-0.2, -0.15) is 5.10 Å². The van der Waals surface area contributed by atoms with Gasteiger partial charge >= 0.3 is 0 Å². The Morgan fingerprint density at radius 3 is 2.59 bits per heavy atom. The largest absolute Gasteiger partial charge is 0.507 e. The van der Waals surface area contributed by atoms with Crippen LogP contribution in [0.3, 0.4) is 0 Å². The number of rotatable bonds is 2. The molecule has 1 heterocycles. The molecule has 1 aliphatic heterocycles. The van der Waals surface area contributed by atoms with E-state index in [1.807, 2.05) is 24.3 Å². The van der Waals surface area contributed by atoms with Crippen LogP contribution in [0.1, 0.15) is 29.2 Å². The van der Waals surface area contributed by atoms with Crippen molar-refractivity contribution in [3.05, 3.63) is 65.2 Å². The second kappa shape index (κ2) is 5.77. The summed E-state index contributed by atoms with van der Waals surface area (Å²) in [6.07, 6.45) is 0.653. The third-order valence-corrected chi connectivity index (χ3v) is 4.09. The van der Waals surface area contributed by atoms with Gasteiger partial charge in [-0.1, -0.05) is 36.4 Å². The molecule has 0 aromatic heterocycles. The van der Waals surface area contributed by atoms with Crippen molar-refractivity contribution < 1.29 is 5.11 Å². The van der Waals surface area contributed by atoms with Crippen LogP contribution in [0.2, 0.25) is 0 Å². The van der Waals surface area contributed by atoms with Gasteiger partial charge in [-0.05, 0) is 42.4 Å². The molecule has 4 nitrogen and oxygen atoms in total. The third-order valence-electron chi connectivity index (χ3n) is 3.90. The van der Waals surface area contributed by atoms with Crippen LogP contribution in [-0.4, -0.2) is 20.9 Å². The Morgan fingerprint density at radius 1 is 1.23 bits per heavy atom. The summed E-state index contributed by atoms with van der Waals surface area (Å²) in [6.45, 7) is 2.06. The van der Waals surface area contributed by atoms with Gasteiger partial charge in [0.15, 0.2) is 5.11 Å². The van der Waals surface area contributed by atoms with E-state index in [9.17, 15) is 5.11 Å². The average molecular weight is 311 g/mol. The molecule has 0 radical (unpaired) electrons. The van der Waals surface area contributed by atoms with Crippen molar-refractivity contribution >= 4 is 23.0 Å². The van der Waals surface area contributed by atoms with Crippen molar-refractivity contribution in [3.8, 4) is 5.75 Å². The van der Waals surface area contributed by atoms with Gasteiger partial charge in [0.05, 0.1) is 11.8 Å². The molecule has 1 atom stereocenters. The van der Waals surface area contributed by atoms with Crippen LogP contribution < -0.4 is 5.73 Å². The Bertz CT molecular complexity index is 757. The fraction of sp³-hybridized carbons (Fsp3) is 0.176. The van der Waals surface area contributed by atoms with Crippen LogP contribution in [0.4, 0.5) is 0 Å². The van der Waals surface area contributed by atoms with Crippen molar-refractivity contribution in [2.24, 2.45) is 10.8 Å². The van der Waals surface area contributed by atoms with Crippen LogP contribution in [0.15, 0.2) is 53.6 Å². The van der Waals surface area contributed by atoms with Crippen molar-refractivity contribution in [1.29, 1.82) is 0 Å². The van der Waals surface area contributed by atoms with Gasteiger partial charge in [-0.3, -0.25) is 0 Å². The van der Waals surface area contributed by atoms with E-state index in [4.69, 9.17) is 18.0 Å². The van der Waals surface area contributed by atoms with Gasteiger partial charge in [0.2, 0.25) is 0 Å². The lowest BCUT2D eigenvalue weighted by atomic mass is 9.95. The molecule has 2 aromatic carbocycles. The SMILES string of the molecule is Cc1ccccc1C1CC(c2ccccc2O)=NN1C(N)=S. The maximum absolute atomic E-state index is 10.0. The molecule has 0 saturated heterocycles. The van der Waals surface area contributed by atoms with Gasteiger partial charge in [-0.15, -0.1) is 0 Å². The zero-order valence-corrected chi connectivity index (χ0v) is 13.0. The molecule has 0 amide bonds. The van der Waals surface area contributed by atoms with Crippen molar-refractivity contribution in [2.75, 3.05) is 0 Å². The van der Waals surface area contributed by atoms with Crippen molar-refractivity contribution in [1.82, 2.24) is 5.01 Å². The number of hydrazone groups is 1. The predicted octanol–water partition coefficient (Wildman–Crippen LogP) is 3.10. The number of hydrogen-bond donors (Lipinski definition) is 2. The first-order valence-electron chi connectivity index (χ1n) is 7.08. The summed E-state index contributed by atoms with van der Waals surface area (Å²) in [5, 5.41) is 16.5. The number of phenolic OH excluding ortho intramolecular Hbond substituents is 1. The number of benzene rings is 2. The van der Waals surface area contributed by atoms with E-state index >= 15 is 0 Å². The summed E-state index contributed by atoms with van der Waals surface area (Å²) < 4.78 is 0. The lowest BCUT2D eigenvalue weighted by Gasteiger charge is -2.23. The van der Waals surface area contributed by atoms with Gasteiger partial charge < -0.3 is 10.8 Å². The number of hydrogen-bond acceptors (Lipinski definition) is 3. The van der Waals surface area contributed by atoms with Crippen LogP contribution in [0, 0.1) is 6.92 Å². The number of nitrogens with zero attached hydrogens (tertiary/aromatic N) is 2. The standard InChI is InChI=1S/C17H17N3OS/c1-11-6-2-3-7-12(11)15-10-14(19-20(15)17(18)22)13-8-4-5-9-16(13)21/h2-9,15,21H,10H2,1H3,(H2,18,22). The first-order chi connectivity index (χ1) is 10.6. The fourth-order valence-electron chi connectivity index (χ4n) is 2.80. The van der Waals surface area contributed by atoms with E-state index in [1.54, 1.807) is 17.1 Å². The molecule has 112 valence electrons. The smallest absolute Gasteiger partial charge is 0.187 e. The molecular formula is C17H17N3OS. The number of phenols is 1. The molecule has 0 aliphatic carbocycles. The lowest BCUT2D eigenvalue weighted by molar-refractivity contribution is 0.371. The van der Waals surface area contributed by atoms with Gasteiger partial charge in [0, 0.05) is 12.0 Å². The Hall–Kier alpha value is -2.40. The van der Waals surface area contributed by atoms with E-state index < -0.39 is 0 Å². The molecule has 5 heteroatoms. The van der Waals surface area contributed by atoms with E-state index in [0.717, 1.165) is 16.8 Å². The normalized spacial score (nSPS) is 17.4. The first-order valence-corrected chi connectivity index (χ1v) is 7.49. The zero-order chi connectivity index (χ0) is 15.7.